The molecule has 0 bridgehead atoms. The maximum atomic E-state index is 6.22. The molecule has 0 radical (unpaired) electrons. The standard InChI is InChI=1S/C15H21N3/c16-15-13(11-7-3-1-4-8-11)14(17-18-15)12-9-5-2-6-10-12/h2,5-7,9-10,13-15,17-18H,1,3-4,8,16H2. The van der Waals surface area contributed by atoms with Crippen LogP contribution in [-0.2, 0) is 0 Å². The lowest BCUT2D eigenvalue weighted by Gasteiger charge is -2.26. The van der Waals surface area contributed by atoms with Crippen molar-refractivity contribution in [3.8, 4) is 0 Å². The Bertz CT molecular complexity index is 427. The van der Waals surface area contributed by atoms with Crippen LogP contribution in [0.1, 0.15) is 37.3 Å². The van der Waals surface area contributed by atoms with E-state index >= 15 is 0 Å². The molecule has 1 aliphatic heterocycles. The summed E-state index contributed by atoms with van der Waals surface area (Å²) in [6, 6.07) is 10.9. The Kier molecular flexibility index (Phi) is 3.46. The van der Waals surface area contributed by atoms with Gasteiger partial charge in [-0.2, -0.15) is 0 Å². The summed E-state index contributed by atoms with van der Waals surface area (Å²) in [5.74, 6) is 0.382. The van der Waals surface area contributed by atoms with E-state index in [4.69, 9.17) is 5.73 Å². The van der Waals surface area contributed by atoms with Gasteiger partial charge < -0.3 is 5.73 Å². The van der Waals surface area contributed by atoms with Gasteiger partial charge in [-0.1, -0.05) is 42.0 Å². The Hall–Kier alpha value is -1.16. The summed E-state index contributed by atoms with van der Waals surface area (Å²) < 4.78 is 0. The number of rotatable bonds is 2. The van der Waals surface area contributed by atoms with Crippen LogP contribution in [-0.4, -0.2) is 6.17 Å². The summed E-state index contributed by atoms with van der Waals surface area (Å²) in [5.41, 5.74) is 15.6. The van der Waals surface area contributed by atoms with Crippen molar-refractivity contribution in [2.24, 2.45) is 11.7 Å². The molecule has 0 amide bonds. The fraction of sp³-hybridized carbons (Fsp3) is 0.467. The molecule has 0 spiro atoms. The molecule has 0 aromatic heterocycles. The first-order valence-corrected chi connectivity index (χ1v) is 6.87. The van der Waals surface area contributed by atoms with Crippen molar-refractivity contribution in [3.05, 3.63) is 47.5 Å². The van der Waals surface area contributed by atoms with Gasteiger partial charge in [0.15, 0.2) is 0 Å². The highest BCUT2D eigenvalue weighted by molar-refractivity contribution is 5.26. The predicted molar refractivity (Wildman–Crippen MR) is 73.5 cm³/mol. The van der Waals surface area contributed by atoms with E-state index < -0.39 is 0 Å². The van der Waals surface area contributed by atoms with Crippen molar-refractivity contribution in [3.63, 3.8) is 0 Å². The summed E-state index contributed by atoms with van der Waals surface area (Å²) in [6.45, 7) is 0. The smallest absolute Gasteiger partial charge is 0.0764 e. The van der Waals surface area contributed by atoms with Crippen molar-refractivity contribution < 1.29 is 0 Å². The SMILES string of the molecule is NC1NNC(c2ccccc2)C1C1=CCCCC1. The first-order chi connectivity index (χ1) is 8.86. The summed E-state index contributed by atoms with van der Waals surface area (Å²) in [7, 11) is 0. The average Bonchev–Trinajstić information content (AvgIpc) is 2.83. The van der Waals surface area contributed by atoms with Gasteiger partial charge in [-0.05, 0) is 31.2 Å². The number of hydrogen-bond donors (Lipinski definition) is 3. The molecule has 1 saturated heterocycles. The van der Waals surface area contributed by atoms with Crippen molar-refractivity contribution in [2.45, 2.75) is 37.9 Å². The highest BCUT2D eigenvalue weighted by Gasteiger charge is 2.36. The van der Waals surface area contributed by atoms with E-state index in [2.05, 4.69) is 47.3 Å². The Balaban J connectivity index is 1.87. The van der Waals surface area contributed by atoms with Crippen LogP contribution in [0.15, 0.2) is 42.0 Å². The highest BCUT2D eigenvalue weighted by atomic mass is 15.5. The number of hydrogen-bond acceptors (Lipinski definition) is 3. The van der Waals surface area contributed by atoms with Crippen LogP contribution in [0, 0.1) is 5.92 Å². The van der Waals surface area contributed by atoms with E-state index in [1.807, 2.05) is 0 Å². The zero-order valence-corrected chi connectivity index (χ0v) is 10.6. The van der Waals surface area contributed by atoms with Crippen LogP contribution < -0.4 is 16.6 Å². The number of allylic oxidation sites excluding steroid dienone is 1. The molecule has 1 aromatic carbocycles. The van der Waals surface area contributed by atoms with E-state index in [1.54, 1.807) is 0 Å². The Morgan fingerprint density at radius 2 is 1.89 bits per heavy atom. The zero-order valence-electron chi connectivity index (χ0n) is 10.6. The van der Waals surface area contributed by atoms with E-state index in [9.17, 15) is 0 Å². The molecule has 2 aliphatic rings. The van der Waals surface area contributed by atoms with Gasteiger partial charge in [0.25, 0.3) is 0 Å². The Labute approximate surface area is 108 Å². The zero-order chi connectivity index (χ0) is 12.4. The second kappa shape index (κ2) is 5.22. The Morgan fingerprint density at radius 1 is 1.06 bits per heavy atom. The molecule has 0 saturated carbocycles. The van der Waals surface area contributed by atoms with Gasteiger partial charge in [-0.3, -0.25) is 0 Å². The van der Waals surface area contributed by atoms with E-state index in [1.165, 1.54) is 36.8 Å². The third-order valence-corrected chi connectivity index (χ3v) is 4.06. The van der Waals surface area contributed by atoms with Crippen LogP contribution in [0.3, 0.4) is 0 Å². The van der Waals surface area contributed by atoms with Gasteiger partial charge >= 0.3 is 0 Å². The summed E-state index contributed by atoms with van der Waals surface area (Å²) in [4.78, 5) is 0. The molecule has 1 fully saturated rings. The predicted octanol–water partition coefficient (Wildman–Crippen LogP) is 2.24. The second-order valence-corrected chi connectivity index (χ2v) is 5.25. The van der Waals surface area contributed by atoms with E-state index in [-0.39, 0.29) is 6.17 Å². The fourth-order valence-corrected chi connectivity index (χ4v) is 3.13. The van der Waals surface area contributed by atoms with Crippen molar-refractivity contribution in [1.29, 1.82) is 0 Å². The molecule has 3 rings (SSSR count). The van der Waals surface area contributed by atoms with Crippen molar-refractivity contribution >= 4 is 0 Å². The van der Waals surface area contributed by atoms with Crippen LogP contribution in [0.2, 0.25) is 0 Å². The lowest BCUT2D eigenvalue weighted by Crippen LogP contribution is -2.39. The molecule has 1 heterocycles. The van der Waals surface area contributed by atoms with Crippen LogP contribution >= 0.6 is 0 Å². The largest absolute Gasteiger partial charge is 0.314 e. The highest BCUT2D eigenvalue weighted by Crippen LogP contribution is 2.36. The van der Waals surface area contributed by atoms with Crippen LogP contribution in [0.5, 0.6) is 0 Å². The number of benzene rings is 1. The van der Waals surface area contributed by atoms with Gasteiger partial charge in [0, 0.05) is 5.92 Å². The van der Waals surface area contributed by atoms with Crippen LogP contribution in [0.25, 0.3) is 0 Å². The number of hydrazine groups is 1. The normalized spacial score (nSPS) is 32.3. The number of nitrogens with two attached hydrogens (primary N) is 1. The lowest BCUT2D eigenvalue weighted by molar-refractivity contribution is 0.457. The molecule has 96 valence electrons. The van der Waals surface area contributed by atoms with Gasteiger partial charge in [0.1, 0.15) is 0 Å². The molecule has 3 atom stereocenters. The molecule has 1 aromatic rings. The second-order valence-electron chi connectivity index (χ2n) is 5.25. The lowest BCUT2D eigenvalue weighted by atomic mass is 9.81. The van der Waals surface area contributed by atoms with Gasteiger partial charge in [0.05, 0.1) is 12.2 Å². The first-order valence-electron chi connectivity index (χ1n) is 6.87. The molecule has 4 N–H and O–H groups in total. The van der Waals surface area contributed by atoms with Gasteiger partial charge in [-0.25, -0.2) is 10.9 Å². The molecule has 1 aliphatic carbocycles. The molecular formula is C15H21N3. The van der Waals surface area contributed by atoms with Crippen molar-refractivity contribution in [1.82, 2.24) is 10.9 Å². The first kappa shape index (κ1) is 11.9. The topological polar surface area (TPSA) is 50.1 Å². The quantitative estimate of drug-likeness (QED) is 0.698. The summed E-state index contributed by atoms with van der Waals surface area (Å²) >= 11 is 0. The minimum Gasteiger partial charge on any atom is -0.314 e. The summed E-state index contributed by atoms with van der Waals surface area (Å²) in [5, 5.41) is 0. The molecular weight excluding hydrogens is 222 g/mol. The average molecular weight is 243 g/mol. The molecule has 18 heavy (non-hydrogen) atoms. The van der Waals surface area contributed by atoms with E-state index in [0.29, 0.717) is 12.0 Å². The minimum atomic E-state index is 0.0135. The van der Waals surface area contributed by atoms with Crippen LogP contribution in [0.4, 0.5) is 0 Å². The minimum absolute atomic E-state index is 0.0135. The van der Waals surface area contributed by atoms with Gasteiger partial charge in [-0.15, -0.1) is 0 Å². The Morgan fingerprint density at radius 3 is 2.61 bits per heavy atom. The molecule has 3 nitrogen and oxygen atoms in total. The number of nitrogens with one attached hydrogen (secondary N) is 2. The molecule has 3 heteroatoms. The van der Waals surface area contributed by atoms with Crippen molar-refractivity contribution in [2.75, 3.05) is 0 Å². The summed E-state index contributed by atoms with van der Waals surface area (Å²) in [6.07, 6.45) is 7.45. The third kappa shape index (κ3) is 2.21. The molecule has 3 unspecified atom stereocenters. The third-order valence-electron chi connectivity index (χ3n) is 4.06. The monoisotopic (exact) mass is 243 g/mol. The maximum absolute atomic E-state index is 6.22. The maximum Gasteiger partial charge on any atom is 0.0764 e. The fourth-order valence-electron chi connectivity index (χ4n) is 3.13. The van der Waals surface area contributed by atoms with E-state index in [0.717, 1.165) is 0 Å². The van der Waals surface area contributed by atoms with Gasteiger partial charge in [0.2, 0.25) is 0 Å².